The lowest BCUT2D eigenvalue weighted by atomic mass is 9.88. The second kappa shape index (κ2) is 5.98. The average molecular weight is 283 g/mol. The predicted octanol–water partition coefficient (Wildman–Crippen LogP) is 1.40. The number of sulfonamides is 1. The first-order valence-corrected chi connectivity index (χ1v) is 8.17. The van der Waals surface area contributed by atoms with Crippen LogP contribution < -0.4 is 10.5 Å². The van der Waals surface area contributed by atoms with Gasteiger partial charge in [0.25, 0.3) is 10.0 Å². The molecule has 1 aromatic heterocycles. The molecule has 0 radical (unpaired) electrons. The van der Waals surface area contributed by atoms with Crippen molar-refractivity contribution in [3.05, 3.63) is 23.9 Å². The highest BCUT2D eigenvalue weighted by molar-refractivity contribution is 7.89. The van der Waals surface area contributed by atoms with Crippen molar-refractivity contribution in [1.82, 2.24) is 9.71 Å². The van der Waals surface area contributed by atoms with Gasteiger partial charge in [0, 0.05) is 18.8 Å². The zero-order valence-electron chi connectivity index (χ0n) is 11.2. The third-order valence-electron chi connectivity index (χ3n) is 3.65. The van der Waals surface area contributed by atoms with E-state index in [2.05, 4.69) is 16.6 Å². The largest absolute Gasteiger partial charge is 0.326 e. The Hall–Kier alpha value is -0.980. The molecule has 5 nitrogen and oxygen atoms in total. The zero-order chi connectivity index (χ0) is 13.9. The molecule has 2 rings (SSSR count). The van der Waals surface area contributed by atoms with Crippen LogP contribution in [0.3, 0.4) is 0 Å². The summed E-state index contributed by atoms with van der Waals surface area (Å²) in [5.41, 5.74) is 6.29. The molecule has 6 heteroatoms. The first-order valence-electron chi connectivity index (χ1n) is 6.68. The first kappa shape index (κ1) is 14.4. The lowest BCUT2D eigenvalue weighted by Gasteiger charge is -2.26. The SMILES string of the molecule is CC1CCC(NS(=O)(=O)c2ccc(CN)cn2)CC1. The summed E-state index contributed by atoms with van der Waals surface area (Å²) in [5.74, 6) is 0.697. The Morgan fingerprint density at radius 3 is 2.53 bits per heavy atom. The number of hydrogen-bond acceptors (Lipinski definition) is 4. The maximum Gasteiger partial charge on any atom is 0.258 e. The standard InChI is InChI=1S/C13H21N3O2S/c1-10-2-5-12(6-3-10)16-19(17,18)13-7-4-11(8-14)9-15-13/h4,7,9-10,12,16H,2-3,5-6,8,14H2,1H3. The van der Waals surface area contributed by atoms with E-state index in [0.717, 1.165) is 31.2 Å². The molecule has 0 saturated heterocycles. The third kappa shape index (κ3) is 3.75. The van der Waals surface area contributed by atoms with Crippen LogP contribution in [0, 0.1) is 5.92 Å². The van der Waals surface area contributed by atoms with Crippen LogP contribution in [-0.2, 0) is 16.6 Å². The van der Waals surface area contributed by atoms with Crippen LogP contribution >= 0.6 is 0 Å². The maximum atomic E-state index is 12.2. The van der Waals surface area contributed by atoms with Crippen molar-refractivity contribution in [3.63, 3.8) is 0 Å². The third-order valence-corrected chi connectivity index (χ3v) is 5.08. The minimum atomic E-state index is -3.50. The second-order valence-electron chi connectivity index (χ2n) is 5.29. The highest BCUT2D eigenvalue weighted by Crippen LogP contribution is 2.24. The van der Waals surface area contributed by atoms with Crippen molar-refractivity contribution in [2.24, 2.45) is 11.7 Å². The number of pyridine rings is 1. The Bertz CT molecular complexity index is 505. The van der Waals surface area contributed by atoms with E-state index in [9.17, 15) is 8.42 Å². The van der Waals surface area contributed by atoms with Gasteiger partial charge in [-0.05, 0) is 43.2 Å². The van der Waals surface area contributed by atoms with E-state index in [4.69, 9.17) is 5.73 Å². The Kier molecular flexibility index (Phi) is 4.54. The van der Waals surface area contributed by atoms with Gasteiger partial charge in [-0.15, -0.1) is 0 Å². The van der Waals surface area contributed by atoms with Crippen molar-refractivity contribution >= 4 is 10.0 Å². The zero-order valence-corrected chi connectivity index (χ0v) is 12.0. The van der Waals surface area contributed by atoms with Gasteiger partial charge < -0.3 is 5.73 Å². The minimum Gasteiger partial charge on any atom is -0.326 e. The van der Waals surface area contributed by atoms with Crippen LogP contribution in [-0.4, -0.2) is 19.4 Å². The predicted molar refractivity (Wildman–Crippen MR) is 73.9 cm³/mol. The number of nitrogens with two attached hydrogens (primary N) is 1. The average Bonchev–Trinajstić information content (AvgIpc) is 2.41. The van der Waals surface area contributed by atoms with Crippen molar-refractivity contribution in [1.29, 1.82) is 0 Å². The van der Waals surface area contributed by atoms with Gasteiger partial charge in [0.1, 0.15) is 0 Å². The molecular formula is C13H21N3O2S. The molecule has 0 atom stereocenters. The quantitative estimate of drug-likeness (QED) is 0.874. The molecular weight excluding hydrogens is 262 g/mol. The molecule has 19 heavy (non-hydrogen) atoms. The Morgan fingerprint density at radius 1 is 1.32 bits per heavy atom. The molecule has 106 valence electrons. The summed E-state index contributed by atoms with van der Waals surface area (Å²) in [7, 11) is -3.50. The highest BCUT2D eigenvalue weighted by Gasteiger charge is 2.24. The van der Waals surface area contributed by atoms with E-state index in [1.54, 1.807) is 6.07 Å². The monoisotopic (exact) mass is 283 g/mol. The number of nitrogens with one attached hydrogen (secondary N) is 1. The van der Waals surface area contributed by atoms with Gasteiger partial charge in [-0.25, -0.2) is 18.1 Å². The van der Waals surface area contributed by atoms with Crippen LogP contribution in [0.4, 0.5) is 0 Å². The Balaban J connectivity index is 2.05. The first-order chi connectivity index (χ1) is 9.01. The van der Waals surface area contributed by atoms with E-state index in [-0.39, 0.29) is 11.1 Å². The molecule has 1 heterocycles. The van der Waals surface area contributed by atoms with Gasteiger partial charge in [0.15, 0.2) is 5.03 Å². The van der Waals surface area contributed by atoms with Crippen molar-refractivity contribution in [2.75, 3.05) is 0 Å². The molecule has 3 N–H and O–H groups in total. The van der Waals surface area contributed by atoms with E-state index >= 15 is 0 Å². The summed E-state index contributed by atoms with van der Waals surface area (Å²) in [5, 5.41) is 0.0725. The van der Waals surface area contributed by atoms with Gasteiger partial charge >= 0.3 is 0 Å². The van der Waals surface area contributed by atoms with Crippen LogP contribution in [0.2, 0.25) is 0 Å². The number of aromatic nitrogens is 1. The fourth-order valence-corrected chi connectivity index (χ4v) is 3.58. The Morgan fingerprint density at radius 2 is 2.00 bits per heavy atom. The molecule has 0 aliphatic heterocycles. The summed E-state index contributed by atoms with van der Waals surface area (Å²) >= 11 is 0. The van der Waals surface area contributed by atoms with Gasteiger partial charge in [-0.1, -0.05) is 13.0 Å². The highest BCUT2D eigenvalue weighted by atomic mass is 32.2. The normalized spacial score (nSPS) is 24.3. The lowest BCUT2D eigenvalue weighted by Crippen LogP contribution is -2.37. The molecule has 1 aliphatic rings. The van der Waals surface area contributed by atoms with Crippen LogP contribution in [0.25, 0.3) is 0 Å². The van der Waals surface area contributed by atoms with Gasteiger partial charge in [0.2, 0.25) is 0 Å². The summed E-state index contributed by atoms with van der Waals surface area (Å²) in [6.07, 6.45) is 5.47. The summed E-state index contributed by atoms with van der Waals surface area (Å²) in [6.45, 7) is 2.57. The van der Waals surface area contributed by atoms with Crippen molar-refractivity contribution in [3.8, 4) is 0 Å². The van der Waals surface area contributed by atoms with Crippen molar-refractivity contribution < 1.29 is 8.42 Å². The summed E-state index contributed by atoms with van der Waals surface area (Å²) in [6, 6.07) is 3.25. The Labute approximate surface area is 114 Å². The fraction of sp³-hybridized carbons (Fsp3) is 0.615. The summed E-state index contributed by atoms with van der Waals surface area (Å²) in [4.78, 5) is 3.97. The smallest absolute Gasteiger partial charge is 0.258 e. The summed E-state index contributed by atoms with van der Waals surface area (Å²) < 4.78 is 27.1. The molecule has 0 unspecified atom stereocenters. The van der Waals surface area contributed by atoms with Gasteiger partial charge in [0.05, 0.1) is 0 Å². The molecule has 0 amide bonds. The second-order valence-corrected chi connectivity index (χ2v) is 6.95. The number of nitrogens with zero attached hydrogens (tertiary/aromatic N) is 1. The van der Waals surface area contributed by atoms with E-state index < -0.39 is 10.0 Å². The molecule has 1 aromatic rings. The van der Waals surface area contributed by atoms with Gasteiger partial charge in [-0.2, -0.15) is 0 Å². The molecule has 0 aromatic carbocycles. The number of hydrogen-bond donors (Lipinski definition) is 2. The van der Waals surface area contributed by atoms with Crippen molar-refractivity contribution in [2.45, 2.75) is 50.2 Å². The van der Waals surface area contributed by atoms with Crippen LogP contribution in [0.15, 0.2) is 23.4 Å². The molecule has 0 spiro atoms. The minimum absolute atomic E-state index is 0.0391. The van der Waals surface area contributed by atoms with Crippen LogP contribution in [0.1, 0.15) is 38.2 Å². The number of rotatable bonds is 4. The van der Waals surface area contributed by atoms with Crippen LogP contribution in [0.5, 0.6) is 0 Å². The molecule has 1 fully saturated rings. The molecule has 1 saturated carbocycles. The van der Waals surface area contributed by atoms with E-state index in [1.807, 2.05) is 0 Å². The van der Waals surface area contributed by atoms with E-state index in [0.29, 0.717) is 12.5 Å². The maximum absolute atomic E-state index is 12.2. The molecule has 0 bridgehead atoms. The lowest BCUT2D eigenvalue weighted by molar-refractivity contribution is 0.332. The van der Waals surface area contributed by atoms with E-state index in [1.165, 1.54) is 12.3 Å². The fourth-order valence-electron chi connectivity index (χ4n) is 2.35. The topological polar surface area (TPSA) is 85.1 Å². The molecule has 1 aliphatic carbocycles. The van der Waals surface area contributed by atoms with Gasteiger partial charge in [-0.3, -0.25) is 0 Å².